The van der Waals surface area contributed by atoms with E-state index in [1.54, 1.807) is 41.1 Å². The lowest BCUT2D eigenvalue weighted by molar-refractivity contribution is -0.684. The maximum atomic E-state index is 12.2. The highest BCUT2D eigenvalue weighted by Crippen LogP contribution is 2.30. The molecule has 0 aliphatic rings. The summed E-state index contributed by atoms with van der Waals surface area (Å²) in [5, 5.41) is 2.80. The molecule has 0 spiro atoms. The third kappa shape index (κ3) is 5.20. The van der Waals surface area contributed by atoms with Crippen LogP contribution in [0.1, 0.15) is 24.2 Å². The molecule has 0 saturated carbocycles. The minimum absolute atomic E-state index is 0.0539. The molecule has 0 radical (unpaired) electrons. The number of hydrogen-bond donors (Lipinski definition) is 2. The van der Waals surface area contributed by atoms with Crippen molar-refractivity contribution in [2.24, 2.45) is 5.73 Å². The van der Waals surface area contributed by atoms with Gasteiger partial charge in [-0.05, 0) is 32.0 Å². The van der Waals surface area contributed by atoms with Gasteiger partial charge in [0.25, 0.3) is 11.8 Å². The summed E-state index contributed by atoms with van der Waals surface area (Å²) in [5.74, 6) is 0.428. The molecule has 0 unspecified atom stereocenters. The Hall–Kier alpha value is -3.09. The number of carbonyl (C=O) groups is 2. The lowest BCUT2D eigenvalue weighted by Crippen LogP contribution is -2.40. The van der Waals surface area contributed by atoms with Crippen molar-refractivity contribution in [3.63, 3.8) is 0 Å². The van der Waals surface area contributed by atoms with Crippen molar-refractivity contribution in [3.8, 4) is 11.5 Å². The van der Waals surface area contributed by atoms with E-state index < -0.39 is 5.91 Å². The maximum absolute atomic E-state index is 12.2. The van der Waals surface area contributed by atoms with Gasteiger partial charge in [-0.1, -0.05) is 0 Å². The lowest BCUT2D eigenvalue weighted by Gasteiger charge is -2.12. The Morgan fingerprint density at radius 1 is 1.12 bits per heavy atom. The first kappa shape index (κ1) is 18.3. The fourth-order valence-corrected chi connectivity index (χ4v) is 2.26. The summed E-state index contributed by atoms with van der Waals surface area (Å²) >= 11 is 0. The molecule has 0 aliphatic carbocycles. The molecule has 0 bridgehead atoms. The molecular formula is C18H22N3O4+. The number of aromatic nitrogens is 1. The standard InChI is InChI=1S/C18H21N3O4/c1-3-24-15-8-7-14(10-16(15)25-4-2)20-17(22)12-21-9-5-6-13(11-21)18(19)23/h5-11H,3-4,12H2,1-2H3,(H2-,19,20,22,23)/p+1. The number of amides is 2. The number of hydrogen-bond acceptors (Lipinski definition) is 4. The van der Waals surface area contributed by atoms with E-state index in [-0.39, 0.29) is 12.5 Å². The highest BCUT2D eigenvalue weighted by atomic mass is 16.5. The molecule has 3 N–H and O–H groups in total. The molecule has 2 amide bonds. The van der Waals surface area contributed by atoms with Crippen LogP contribution >= 0.6 is 0 Å². The fourth-order valence-electron chi connectivity index (χ4n) is 2.26. The molecule has 2 rings (SSSR count). The van der Waals surface area contributed by atoms with Crippen LogP contribution in [0.3, 0.4) is 0 Å². The van der Waals surface area contributed by atoms with Crippen molar-refractivity contribution in [3.05, 3.63) is 48.3 Å². The largest absolute Gasteiger partial charge is 0.490 e. The molecule has 7 heteroatoms. The number of anilines is 1. The molecule has 7 nitrogen and oxygen atoms in total. The van der Waals surface area contributed by atoms with Crippen LogP contribution < -0.4 is 25.1 Å². The quantitative estimate of drug-likeness (QED) is 0.710. The Morgan fingerprint density at radius 3 is 2.52 bits per heavy atom. The van der Waals surface area contributed by atoms with E-state index in [4.69, 9.17) is 15.2 Å². The summed E-state index contributed by atoms with van der Waals surface area (Å²) in [5.41, 5.74) is 6.19. The van der Waals surface area contributed by atoms with Crippen molar-refractivity contribution < 1.29 is 23.6 Å². The Morgan fingerprint density at radius 2 is 1.84 bits per heavy atom. The number of benzene rings is 1. The Balaban J connectivity index is 2.08. The Bertz CT molecular complexity index is 762. The normalized spacial score (nSPS) is 10.2. The number of nitrogens with zero attached hydrogens (tertiary/aromatic N) is 1. The molecular weight excluding hydrogens is 322 g/mol. The average Bonchev–Trinajstić information content (AvgIpc) is 2.57. The Kier molecular flexibility index (Phi) is 6.33. The zero-order valence-electron chi connectivity index (χ0n) is 14.3. The minimum atomic E-state index is -0.539. The fraction of sp³-hybridized carbons (Fsp3) is 0.278. The summed E-state index contributed by atoms with van der Waals surface area (Å²) in [4.78, 5) is 23.4. The summed E-state index contributed by atoms with van der Waals surface area (Å²) in [6.45, 7) is 4.84. The number of carbonyl (C=O) groups excluding carboxylic acids is 2. The van der Waals surface area contributed by atoms with E-state index in [9.17, 15) is 9.59 Å². The van der Waals surface area contributed by atoms with Crippen LogP contribution in [-0.2, 0) is 11.3 Å². The van der Waals surface area contributed by atoms with Crippen molar-refractivity contribution >= 4 is 17.5 Å². The van der Waals surface area contributed by atoms with Crippen molar-refractivity contribution in [2.75, 3.05) is 18.5 Å². The zero-order valence-corrected chi connectivity index (χ0v) is 14.3. The van der Waals surface area contributed by atoms with Crippen LogP contribution in [0.15, 0.2) is 42.7 Å². The topological polar surface area (TPSA) is 94.5 Å². The van der Waals surface area contributed by atoms with E-state index in [1.165, 1.54) is 6.20 Å². The minimum Gasteiger partial charge on any atom is -0.490 e. The summed E-state index contributed by atoms with van der Waals surface area (Å²) in [6, 6.07) is 8.48. The van der Waals surface area contributed by atoms with Crippen LogP contribution in [-0.4, -0.2) is 25.0 Å². The van der Waals surface area contributed by atoms with Crippen LogP contribution in [0.4, 0.5) is 5.69 Å². The van der Waals surface area contributed by atoms with Gasteiger partial charge in [-0.25, -0.2) is 0 Å². The SMILES string of the molecule is CCOc1ccc(NC(=O)C[n+]2cccc(C(N)=O)c2)cc1OCC. The molecule has 1 heterocycles. The first-order valence-corrected chi connectivity index (χ1v) is 8.01. The molecule has 2 aromatic rings. The monoisotopic (exact) mass is 344 g/mol. The summed E-state index contributed by atoms with van der Waals surface area (Å²) in [7, 11) is 0. The maximum Gasteiger partial charge on any atom is 0.290 e. The second-order valence-electron chi connectivity index (χ2n) is 5.20. The van der Waals surface area contributed by atoms with Crippen LogP contribution in [0.5, 0.6) is 11.5 Å². The van der Waals surface area contributed by atoms with Crippen LogP contribution in [0, 0.1) is 0 Å². The zero-order chi connectivity index (χ0) is 18.2. The summed E-state index contributed by atoms with van der Waals surface area (Å²) < 4.78 is 12.6. The predicted molar refractivity (Wildman–Crippen MR) is 92.6 cm³/mol. The van der Waals surface area contributed by atoms with Crippen molar-refractivity contribution in [1.29, 1.82) is 0 Å². The number of primary amides is 1. The van der Waals surface area contributed by atoms with E-state index in [0.29, 0.717) is 36.0 Å². The van der Waals surface area contributed by atoms with E-state index in [1.807, 2.05) is 13.8 Å². The van der Waals surface area contributed by atoms with Gasteiger partial charge in [0.1, 0.15) is 5.56 Å². The highest BCUT2D eigenvalue weighted by molar-refractivity contribution is 5.92. The third-order valence-corrected chi connectivity index (χ3v) is 3.30. The van der Waals surface area contributed by atoms with E-state index >= 15 is 0 Å². The average molecular weight is 344 g/mol. The van der Waals surface area contributed by atoms with Crippen LogP contribution in [0.25, 0.3) is 0 Å². The van der Waals surface area contributed by atoms with Gasteiger partial charge in [0.15, 0.2) is 23.9 Å². The first-order chi connectivity index (χ1) is 12.0. The van der Waals surface area contributed by atoms with E-state index in [0.717, 1.165) is 0 Å². The van der Waals surface area contributed by atoms with Gasteiger partial charge in [-0.2, -0.15) is 4.57 Å². The Labute approximate surface area is 146 Å². The molecule has 1 aromatic heterocycles. The number of rotatable bonds is 8. The third-order valence-electron chi connectivity index (χ3n) is 3.30. The second kappa shape index (κ2) is 8.68. The van der Waals surface area contributed by atoms with Gasteiger partial charge >= 0.3 is 0 Å². The number of nitrogens with two attached hydrogens (primary N) is 1. The van der Waals surface area contributed by atoms with Crippen molar-refractivity contribution in [2.45, 2.75) is 20.4 Å². The summed E-state index contributed by atoms with van der Waals surface area (Å²) in [6.07, 6.45) is 3.22. The molecule has 25 heavy (non-hydrogen) atoms. The molecule has 0 fully saturated rings. The molecule has 0 atom stereocenters. The molecule has 1 aromatic carbocycles. The highest BCUT2D eigenvalue weighted by Gasteiger charge is 2.13. The first-order valence-electron chi connectivity index (χ1n) is 8.01. The number of pyridine rings is 1. The van der Waals surface area contributed by atoms with Crippen LogP contribution in [0.2, 0.25) is 0 Å². The molecule has 0 aliphatic heterocycles. The molecule has 132 valence electrons. The van der Waals surface area contributed by atoms with Crippen molar-refractivity contribution in [1.82, 2.24) is 0 Å². The second-order valence-corrected chi connectivity index (χ2v) is 5.20. The molecule has 0 saturated heterocycles. The van der Waals surface area contributed by atoms with Gasteiger partial charge in [-0.15, -0.1) is 0 Å². The van der Waals surface area contributed by atoms with Gasteiger partial charge in [0, 0.05) is 17.8 Å². The van der Waals surface area contributed by atoms with Gasteiger partial charge < -0.3 is 20.5 Å². The van der Waals surface area contributed by atoms with Gasteiger partial charge in [0.05, 0.1) is 13.2 Å². The number of nitrogens with one attached hydrogen (secondary N) is 1. The number of ether oxygens (including phenoxy) is 2. The van der Waals surface area contributed by atoms with E-state index in [2.05, 4.69) is 5.32 Å². The van der Waals surface area contributed by atoms with Gasteiger partial charge in [-0.3, -0.25) is 9.59 Å². The smallest absolute Gasteiger partial charge is 0.290 e. The lowest BCUT2D eigenvalue weighted by atomic mass is 10.2. The predicted octanol–water partition coefficient (Wildman–Crippen LogP) is 1.51. The van der Waals surface area contributed by atoms with Gasteiger partial charge in [0.2, 0.25) is 6.54 Å².